The molecule has 0 amide bonds. The van der Waals surface area contributed by atoms with Crippen molar-refractivity contribution in [2.24, 2.45) is 5.73 Å². The summed E-state index contributed by atoms with van der Waals surface area (Å²) in [5, 5.41) is 0.862. The number of thioether (sulfide) groups is 1. The summed E-state index contributed by atoms with van der Waals surface area (Å²) in [4.78, 5) is 4.51. The van der Waals surface area contributed by atoms with E-state index >= 15 is 0 Å². The highest BCUT2D eigenvalue weighted by atomic mass is 35.5. The number of hydrogen-bond donors (Lipinski definition) is 1. The Balaban J connectivity index is 2.26. The van der Waals surface area contributed by atoms with E-state index in [1.165, 1.54) is 11.5 Å². The number of nitrogens with two attached hydrogens (primary N) is 1. The molecule has 2 aromatic rings. The third-order valence-corrected chi connectivity index (χ3v) is 5.62. The van der Waals surface area contributed by atoms with Crippen LogP contribution in [0.2, 0.25) is 5.02 Å². The standard InChI is InChI=1S/C14H18ClN3S2/c1-3-11(16)13(9-7-5-6-8-10(9)15)19-14-17-12(4-2)18-20-14/h5-8,11,13H,3-4,16H2,1-2H3. The molecule has 20 heavy (non-hydrogen) atoms. The largest absolute Gasteiger partial charge is 0.326 e. The van der Waals surface area contributed by atoms with Gasteiger partial charge in [0, 0.05) is 17.5 Å². The Labute approximate surface area is 133 Å². The van der Waals surface area contributed by atoms with E-state index in [2.05, 4.69) is 23.2 Å². The number of nitrogens with zero attached hydrogens (tertiary/aromatic N) is 2. The molecule has 1 heterocycles. The molecule has 0 aliphatic heterocycles. The molecular formula is C14H18ClN3S2. The van der Waals surface area contributed by atoms with Crippen LogP contribution in [-0.4, -0.2) is 15.4 Å². The first-order valence-electron chi connectivity index (χ1n) is 6.65. The monoisotopic (exact) mass is 327 g/mol. The second-order valence-corrected chi connectivity index (χ2v) is 7.01. The maximum absolute atomic E-state index is 6.32. The third-order valence-electron chi connectivity index (χ3n) is 3.07. The highest BCUT2D eigenvalue weighted by Crippen LogP contribution is 2.41. The molecule has 0 radical (unpaired) electrons. The van der Waals surface area contributed by atoms with Crippen molar-refractivity contribution in [1.82, 2.24) is 9.36 Å². The molecule has 2 atom stereocenters. The van der Waals surface area contributed by atoms with Crippen LogP contribution in [0.3, 0.4) is 0 Å². The maximum Gasteiger partial charge on any atom is 0.170 e. The molecule has 0 fully saturated rings. The predicted octanol–water partition coefficient (Wildman–Crippen LogP) is 4.32. The van der Waals surface area contributed by atoms with Crippen LogP contribution in [0, 0.1) is 0 Å². The van der Waals surface area contributed by atoms with Crippen molar-refractivity contribution in [3.05, 3.63) is 40.7 Å². The lowest BCUT2D eigenvalue weighted by atomic mass is 10.0. The highest BCUT2D eigenvalue weighted by Gasteiger charge is 2.23. The molecule has 108 valence electrons. The molecule has 2 unspecified atom stereocenters. The third kappa shape index (κ3) is 3.73. The van der Waals surface area contributed by atoms with Crippen molar-refractivity contribution in [3.8, 4) is 0 Å². The molecule has 2 rings (SSSR count). The minimum Gasteiger partial charge on any atom is -0.326 e. The fourth-order valence-corrected chi connectivity index (χ4v) is 4.33. The van der Waals surface area contributed by atoms with Gasteiger partial charge in [-0.05, 0) is 29.6 Å². The van der Waals surface area contributed by atoms with Crippen LogP contribution in [0.15, 0.2) is 28.6 Å². The number of rotatable bonds is 6. The summed E-state index contributed by atoms with van der Waals surface area (Å²) < 4.78 is 5.28. The van der Waals surface area contributed by atoms with Gasteiger partial charge in [-0.15, -0.1) is 0 Å². The molecule has 2 N–H and O–H groups in total. The second-order valence-electron chi connectivity index (χ2n) is 4.46. The van der Waals surface area contributed by atoms with E-state index in [9.17, 15) is 0 Å². The van der Waals surface area contributed by atoms with E-state index in [0.29, 0.717) is 0 Å². The summed E-state index contributed by atoms with van der Waals surface area (Å²) in [7, 11) is 0. The van der Waals surface area contributed by atoms with E-state index in [4.69, 9.17) is 17.3 Å². The summed E-state index contributed by atoms with van der Waals surface area (Å²) in [5.41, 5.74) is 7.35. The average Bonchev–Trinajstić information content (AvgIpc) is 2.92. The van der Waals surface area contributed by atoms with Gasteiger partial charge in [0.15, 0.2) is 4.34 Å². The van der Waals surface area contributed by atoms with Crippen LogP contribution in [0.1, 0.15) is 36.9 Å². The Bertz CT molecular complexity index is 559. The first-order chi connectivity index (χ1) is 9.65. The van der Waals surface area contributed by atoms with Crippen LogP contribution in [0.5, 0.6) is 0 Å². The molecule has 0 aliphatic carbocycles. The molecule has 0 spiro atoms. The first-order valence-corrected chi connectivity index (χ1v) is 8.68. The number of halogens is 1. The van der Waals surface area contributed by atoms with Crippen molar-refractivity contribution in [1.29, 1.82) is 0 Å². The van der Waals surface area contributed by atoms with Crippen LogP contribution in [0.25, 0.3) is 0 Å². The maximum atomic E-state index is 6.32. The lowest BCUT2D eigenvalue weighted by molar-refractivity contribution is 0.634. The van der Waals surface area contributed by atoms with Crippen molar-refractivity contribution in [3.63, 3.8) is 0 Å². The zero-order valence-corrected chi connectivity index (χ0v) is 13.9. The van der Waals surface area contributed by atoms with Crippen molar-refractivity contribution in [2.45, 2.75) is 42.3 Å². The minimum absolute atomic E-state index is 0.0360. The van der Waals surface area contributed by atoms with E-state index in [-0.39, 0.29) is 11.3 Å². The van der Waals surface area contributed by atoms with Gasteiger partial charge < -0.3 is 5.73 Å². The van der Waals surface area contributed by atoms with E-state index < -0.39 is 0 Å². The zero-order valence-electron chi connectivity index (χ0n) is 11.5. The SMILES string of the molecule is CCc1nsc(SC(c2ccccc2Cl)C(N)CC)n1. The number of aryl methyl sites for hydroxylation is 1. The smallest absolute Gasteiger partial charge is 0.170 e. The summed E-state index contributed by atoms with van der Waals surface area (Å²) in [6.45, 7) is 4.15. The van der Waals surface area contributed by atoms with Gasteiger partial charge in [0.05, 0.1) is 5.25 Å². The number of aromatic nitrogens is 2. The molecular weight excluding hydrogens is 310 g/mol. The van der Waals surface area contributed by atoms with Crippen LogP contribution >= 0.6 is 34.9 Å². The normalized spacial score (nSPS) is 14.2. The molecule has 1 aromatic heterocycles. The lowest BCUT2D eigenvalue weighted by Crippen LogP contribution is -2.25. The van der Waals surface area contributed by atoms with Gasteiger partial charge in [0.1, 0.15) is 5.82 Å². The van der Waals surface area contributed by atoms with Crippen LogP contribution in [-0.2, 0) is 6.42 Å². The molecule has 0 saturated heterocycles. The Kier molecular flexibility index (Phi) is 5.84. The first kappa shape index (κ1) is 15.8. The van der Waals surface area contributed by atoms with Gasteiger partial charge in [-0.2, -0.15) is 4.37 Å². The summed E-state index contributed by atoms with van der Waals surface area (Å²) in [6.07, 6.45) is 1.75. The average molecular weight is 328 g/mol. The van der Waals surface area contributed by atoms with Crippen molar-refractivity contribution in [2.75, 3.05) is 0 Å². The Hall–Kier alpha value is -0.620. The predicted molar refractivity (Wildman–Crippen MR) is 87.6 cm³/mol. The Morgan fingerprint density at radius 3 is 2.70 bits per heavy atom. The van der Waals surface area contributed by atoms with E-state index in [0.717, 1.165) is 33.6 Å². The highest BCUT2D eigenvalue weighted by molar-refractivity contribution is 8.01. The fraction of sp³-hybridized carbons (Fsp3) is 0.429. The van der Waals surface area contributed by atoms with Gasteiger partial charge in [0.25, 0.3) is 0 Å². The number of hydrogen-bond acceptors (Lipinski definition) is 5. The quantitative estimate of drug-likeness (QED) is 0.802. The molecule has 0 aliphatic rings. The Morgan fingerprint density at radius 2 is 2.10 bits per heavy atom. The van der Waals surface area contributed by atoms with Crippen LogP contribution < -0.4 is 5.73 Å². The zero-order chi connectivity index (χ0) is 14.5. The topological polar surface area (TPSA) is 51.8 Å². The molecule has 1 aromatic carbocycles. The van der Waals surface area contributed by atoms with E-state index in [1.54, 1.807) is 11.8 Å². The summed E-state index contributed by atoms with van der Waals surface area (Å²) in [6, 6.07) is 7.91. The molecule has 0 bridgehead atoms. The molecule has 6 heteroatoms. The van der Waals surface area contributed by atoms with Crippen LogP contribution in [0.4, 0.5) is 0 Å². The van der Waals surface area contributed by atoms with Crippen molar-refractivity contribution < 1.29 is 0 Å². The van der Waals surface area contributed by atoms with E-state index in [1.807, 2.05) is 24.3 Å². The fourth-order valence-electron chi connectivity index (χ4n) is 1.84. The van der Waals surface area contributed by atoms with Gasteiger partial charge in [0.2, 0.25) is 0 Å². The number of benzene rings is 1. The van der Waals surface area contributed by atoms with Crippen molar-refractivity contribution >= 4 is 34.9 Å². The van der Waals surface area contributed by atoms with Gasteiger partial charge in [-0.3, -0.25) is 0 Å². The molecule has 0 saturated carbocycles. The summed E-state index contributed by atoms with van der Waals surface area (Å²) >= 11 is 9.41. The minimum atomic E-state index is 0.0360. The summed E-state index contributed by atoms with van der Waals surface area (Å²) in [5.74, 6) is 0.889. The Morgan fingerprint density at radius 1 is 1.35 bits per heavy atom. The molecule has 3 nitrogen and oxygen atoms in total. The van der Waals surface area contributed by atoms with Gasteiger partial charge in [-0.1, -0.05) is 55.4 Å². The van der Waals surface area contributed by atoms with Gasteiger partial charge in [-0.25, -0.2) is 4.98 Å². The van der Waals surface area contributed by atoms with Gasteiger partial charge >= 0.3 is 0 Å². The second kappa shape index (κ2) is 7.41. The lowest BCUT2D eigenvalue weighted by Gasteiger charge is -2.22.